The van der Waals surface area contributed by atoms with Crippen molar-refractivity contribution in [1.82, 2.24) is 5.32 Å². The summed E-state index contributed by atoms with van der Waals surface area (Å²) in [5.74, 6) is 0.636. The summed E-state index contributed by atoms with van der Waals surface area (Å²) >= 11 is 0. The monoisotopic (exact) mass is 316 g/mol. The molecule has 4 nitrogen and oxygen atoms in total. The maximum absolute atomic E-state index is 13.2. The summed E-state index contributed by atoms with van der Waals surface area (Å²) in [6.07, 6.45) is 2.59. The maximum Gasteiger partial charge on any atom is 0.188 e. The number of ketones is 1. The molecule has 0 aromatic rings. The van der Waals surface area contributed by atoms with E-state index in [9.17, 15) is 4.79 Å². The van der Waals surface area contributed by atoms with Crippen LogP contribution in [-0.2, 0) is 9.53 Å². The summed E-state index contributed by atoms with van der Waals surface area (Å²) in [5.41, 5.74) is 4.78. The Balaban J connectivity index is 2.17. The van der Waals surface area contributed by atoms with Crippen LogP contribution < -0.4 is 5.32 Å². The predicted molar refractivity (Wildman–Crippen MR) is 92.4 cm³/mol. The molecular weight excluding hydrogens is 288 g/mol. The molecule has 1 N–H and O–H groups in total. The molecule has 0 saturated carbocycles. The van der Waals surface area contributed by atoms with Gasteiger partial charge in [0, 0.05) is 24.0 Å². The van der Waals surface area contributed by atoms with Gasteiger partial charge in [0.2, 0.25) is 0 Å². The van der Waals surface area contributed by atoms with Crippen molar-refractivity contribution < 1.29 is 9.53 Å². The van der Waals surface area contributed by atoms with Crippen LogP contribution in [-0.4, -0.2) is 30.4 Å². The van der Waals surface area contributed by atoms with E-state index in [4.69, 9.17) is 9.73 Å². The van der Waals surface area contributed by atoms with Gasteiger partial charge in [0.05, 0.1) is 24.6 Å². The van der Waals surface area contributed by atoms with E-state index in [0.29, 0.717) is 0 Å². The lowest BCUT2D eigenvalue weighted by Gasteiger charge is -2.32. The first-order chi connectivity index (χ1) is 10.9. The topological polar surface area (TPSA) is 50.7 Å². The van der Waals surface area contributed by atoms with Crippen molar-refractivity contribution in [1.29, 1.82) is 0 Å². The Morgan fingerprint density at radius 1 is 1.13 bits per heavy atom. The summed E-state index contributed by atoms with van der Waals surface area (Å²) in [7, 11) is 0. The molecule has 2 heterocycles. The molecule has 1 fully saturated rings. The van der Waals surface area contributed by atoms with Crippen LogP contribution in [0.5, 0.6) is 0 Å². The van der Waals surface area contributed by atoms with E-state index >= 15 is 0 Å². The molecule has 0 unspecified atom stereocenters. The Morgan fingerprint density at radius 3 is 2.26 bits per heavy atom. The molecule has 1 spiro atoms. The summed E-state index contributed by atoms with van der Waals surface area (Å²) in [4.78, 5) is 18.3. The van der Waals surface area contributed by atoms with Gasteiger partial charge in [0.1, 0.15) is 5.66 Å². The predicted octanol–water partition coefficient (Wildman–Crippen LogP) is 3.39. The highest BCUT2D eigenvalue weighted by Gasteiger charge is 2.44. The van der Waals surface area contributed by atoms with E-state index in [1.165, 1.54) is 0 Å². The van der Waals surface area contributed by atoms with Gasteiger partial charge in [-0.05, 0) is 23.8 Å². The van der Waals surface area contributed by atoms with Crippen LogP contribution in [0, 0.1) is 11.8 Å². The van der Waals surface area contributed by atoms with Crippen molar-refractivity contribution in [3.63, 3.8) is 0 Å². The van der Waals surface area contributed by atoms with E-state index < -0.39 is 0 Å². The molecule has 0 amide bonds. The molecule has 23 heavy (non-hydrogen) atoms. The van der Waals surface area contributed by atoms with Crippen molar-refractivity contribution in [2.45, 2.75) is 59.5 Å². The highest BCUT2D eigenvalue weighted by atomic mass is 16.5. The number of nitrogens with zero attached hydrogens (tertiary/aromatic N) is 1. The van der Waals surface area contributed by atoms with Gasteiger partial charge in [-0.2, -0.15) is 0 Å². The van der Waals surface area contributed by atoms with Crippen molar-refractivity contribution in [3.8, 4) is 0 Å². The first-order valence-electron chi connectivity index (χ1n) is 8.88. The normalized spacial score (nSPS) is 23.8. The average molecular weight is 316 g/mol. The SMILES string of the molecule is CCC1=C(C(C)C)C(=O)C(C(C)C)=C2NC3(CCOCC3)N=C12. The third-order valence-electron chi connectivity index (χ3n) is 5.12. The second-order valence-electron chi connectivity index (χ2n) is 7.40. The van der Waals surface area contributed by atoms with Crippen LogP contribution in [0.4, 0.5) is 0 Å². The Bertz CT molecular complexity index is 617. The molecule has 0 aromatic carbocycles. The van der Waals surface area contributed by atoms with Crippen molar-refractivity contribution in [2.75, 3.05) is 13.2 Å². The van der Waals surface area contributed by atoms with Gasteiger partial charge in [0.15, 0.2) is 5.78 Å². The van der Waals surface area contributed by atoms with Crippen molar-refractivity contribution in [2.24, 2.45) is 16.8 Å². The molecular formula is C19H28N2O2. The van der Waals surface area contributed by atoms with E-state index in [2.05, 4.69) is 39.9 Å². The number of ether oxygens (including phenoxy) is 1. The lowest BCUT2D eigenvalue weighted by molar-refractivity contribution is -0.113. The molecule has 0 bridgehead atoms. The third-order valence-corrected chi connectivity index (χ3v) is 5.12. The standard InChI is InChI=1S/C19H28N2O2/c1-6-13-14(11(2)3)18(22)15(12(4)5)17-16(13)20-19(21-17)7-9-23-10-8-19/h11-12,21H,6-10H2,1-5H3. The minimum Gasteiger partial charge on any atom is -0.381 e. The van der Waals surface area contributed by atoms with Crippen molar-refractivity contribution >= 4 is 11.5 Å². The highest BCUT2D eigenvalue weighted by molar-refractivity contribution is 6.28. The van der Waals surface area contributed by atoms with Gasteiger partial charge in [0.25, 0.3) is 0 Å². The van der Waals surface area contributed by atoms with Crippen molar-refractivity contribution in [3.05, 3.63) is 22.4 Å². The molecule has 0 radical (unpaired) electrons. The number of hydrogen-bond acceptors (Lipinski definition) is 4. The lowest BCUT2D eigenvalue weighted by atomic mass is 9.77. The minimum atomic E-state index is -0.268. The Kier molecular flexibility index (Phi) is 4.21. The quantitative estimate of drug-likeness (QED) is 0.812. The summed E-state index contributed by atoms with van der Waals surface area (Å²) in [6.45, 7) is 12.0. The summed E-state index contributed by atoms with van der Waals surface area (Å²) < 4.78 is 5.51. The zero-order chi connectivity index (χ0) is 16.8. The second-order valence-corrected chi connectivity index (χ2v) is 7.40. The number of nitrogens with one attached hydrogen (secondary N) is 1. The summed E-state index contributed by atoms with van der Waals surface area (Å²) in [5, 5.41) is 3.63. The number of Topliss-reactive ketones (excluding diaryl/α,β-unsaturated/α-hetero) is 1. The highest BCUT2D eigenvalue weighted by Crippen LogP contribution is 2.40. The number of fused-ring (bicyclic) bond motifs is 1. The molecule has 0 aromatic heterocycles. The molecule has 2 aliphatic heterocycles. The van der Waals surface area contributed by atoms with E-state index in [-0.39, 0.29) is 23.3 Å². The molecule has 3 aliphatic rings. The number of hydrogen-bond donors (Lipinski definition) is 1. The van der Waals surface area contributed by atoms with Crippen LogP contribution in [0.1, 0.15) is 53.9 Å². The van der Waals surface area contributed by atoms with Gasteiger partial charge in [-0.3, -0.25) is 9.79 Å². The smallest absolute Gasteiger partial charge is 0.188 e. The third kappa shape index (κ3) is 2.57. The Hall–Kier alpha value is -1.42. The fourth-order valence-corrected chi connectivity index (χ4v) is 3.99. The fraction of sp³-hybridized carbons (Fsp3) is 0.684. The minimum absolute atomic E-state index is 0.192. The summed E-state index contributed by atoms with van der Waals surface area (Å²) in [6, 6.07) is 0. The first-order valence-corrected chi connectivity index (χ1v) is 8.88. The van der Waals surface area contributed by atoms with Crippen LogP contribution in [0.25, 0.3) is 0 Å². The Morgan fingerprint density at radius 2 is 1.74 bits per heavy atom. The Labute approximate surface area is 139 Å². The van der Waals surface area contributed by atoms with E-state index in [1.807, 2.05) is 0 Å². The number of carbonyl (C=O) groups excluding carboxylic acids is 1. The lowest BCUT2D eigenvalue weighted by Crippen LogP contribution is -2.44. The van der Waals surface area contributed by atoms with Crippen LogP contribution in [0.15, 0.2) is 27.4 Å². The largest absolute Gasteiger partial charge is 0.381 e. The molecule has 1 saturated heterocycles. The number of rotatable bonds is 3. The average Bonchev–Trinajstić information content (AvgIpc) is 2.83. The van der Waals surface area contributed by atoms with Crippen LogP contribution in [0.2, 0.25) is 0 Å². The van der Waals surface area contributed by atoms with Gasteiger partial charge in [-0.15, -0.1) is 0 Å². The molecule has 4 heteroatoms. The molecule has 126 valence electrons. The zero-order valence-electron chi connectivity index (χ0n) is 15.0. The molecule has 0 atom stereocenters. The second kappa shape index (κ2) is 5.90. The van der Waals surface area contributed by atoms with Crippen LogP contribution >= 0.6 is 0 Å². The molecule has 3 rings (SSSR count). The zero-order valence-corrected chi connectivity index (χ0v) is 15.0. The van der Waals surface area contributed by atoms with Gasteiger partial charge < -0.3 is 10.1 Å². The maximum atomic E-state index is 13.2. The van der Waals surface area contributed by atoms with Gasteiger partial charge >= 0.3 is 0 Å². The van der Waals surface area contributed by atoms with E-state index in [0.717, 1.165) is 60.6 Å². The van der Waals surface area contributed by atoms with E-state index in [1.54, 1.807) is 0 Å². The number of carbonyl (C=O) groups is 1. The van der Waals surface area contributed by atoms with Gasteiger partial charge in [-0.25, -0.2) is 0 Å². The fourth-order valence-electron chi connectivity index (χ4n) is 3.99. The number of aliphatic imine (C=N–C) groups is 1. The van der Waals surface area contributed by atoms with Crippen LogP contribution in [0.3, 0.4) is 0 Å². The number of allylic oxidation sites excluding steroid dienone is 3. The van der Waals surface area contributed by atoms with Gasteiger partial charge in [-0.1, -0.05) is 34.6 Å². The first kappa shape index (κ1) is 16.4. The molecule has 1 aliphatic carbocycles.